The summed E-state index contributed by atoms with van der Waals surface area (Å²) >= 11 is 0. The topological polar surface area (TPSA) is 67.9 Å². The second-order valence-electron chi connectivity index (χ2n) is 5.70. The van der Waals surface area contributed by atoms with Gasteiger partial charge in [-0.05, 0) is 27.2 Å². The van der Waals surface area contributed by atoms with Crippen molar-refractivity contribution in [3.63, 3.8) is 0 Å². The fraction of sp³-hybridized carbons (Fsp3) is 0.846. The molecule has 0 aromatic carbocycles. The first-order valence-electron chi connectivity index (χ1n) is 6.58. The zero-order chi connectivity index (χ0) is 14.5. The van der Waals surface area contributed by atoms with Crippen LogP contribution in [0.3, 0.4) is 0 Å². The summed E-state index contributed by atoms with van der Waals surface area (Å²) in [5, 5.41) is 2.79. The van der Waals surface area contributed by atoms with E-state index < -0.39 is 5.60 Å². The molecule has 6 nitrogen and oxygen atoms in total. The standard InChI is InChI=1S/C13H24N2O4/c1-13(2,3)19-12(17)15-7-5-10(9-15)11(16)14-6-8-18-4/h10H,5-9H2,1-4H3,(H,14,16). The van der Waals surface area contributed by atoms with E-state index in [1.807, 2.05) is 20.8 Å². The van der Waals surface area contributed by atoms with Crippen LogP contribution in [0.25, 0.3) is 0 Å². The Balaban J connectivity index is 2.36. The van der Waals surface area contributed by atoms with Crippen molar-refractivity contribution in [3.05, 3.63) is 0 Å². The van der Waals surface area contributed by atoms with Gasteiger partial charge in [-0.1, -0.05) is 0 Å². The molecule has 0 spiro atoms. The number of nitrogens with one attached hydrogen (secondary N) is 1. The Labute approximate surface area is 114 Å². The fourth-order valence-electron chi connectivity index (χ4n) is 1.89. The molecule has 1 aliphatic rings. The highest BCUT2D eigenvalue weighted by Gasteiger charge is 2.33. The Kier molecular flexibility index (Phi) is 5.60. The number of hydrogen-bond donors (Lipinski definition) is 1. The molecule has 0 aromatic heterocycles. The molecule has 110 valence electrons. The van der Waals surface area contributed by atoms with E-state index in [2.05, 4.69) is 5.32 Å². The summed E-state index contributed by atoms with van der Waals surface area (Å²) in [6.07, 6.45) is 0.331. The van der Waals surface area contributed by atoms with E-state index in [-0.39, 0.29) is 17.9 Å². The SMILES string of the molecule is COCCNC(=O)C1CCN(C(=O)OC(C)(C)C)C1. The van der Waals surface area contributed by atoms with Gasteiger partial charge in [0, 0.05) is 26.7 Å². The number of methoxy groups -OCH3 is 1. The first-order chi connectivity index (χ1) is 8.83. The maximum Gasteiger partial charge on any atom is 0.410 e. The highest BCUT2D eigenvalue weighted by atomic mass is 16.6. The largest absolute Gasteiger partial charge is 0.444 e. The van der Waals surface area contributed by atoms with Crippen LogP contribution in [-0.2, 0) is 14.3 Å². The van der Waals surface area contributed by atoms with Crippen molar-refractivity contribution in [2.75, 3.05) is 33.4 Å². The van der Waals surface area contributed by atoms with Crippen molar-refractivity contribution < 1.29 is 19.1 Å². The van der Waals surface area contributed by atoms with E-state index in [4.69, 9.17) is 9.47 Å². The van der Waals surface area contributed by atoms with Gasteiger partial charge in [0.1, 0.15) is 5.60 Å². The first kappa shape index (κ1) is 15.8. The van der Waals surface area contributed by atoms with E-state index >= 15 is 0 Å². The van der Waals surface area contributed by atoms with Crippen LogP contribution in [0.2, 0.25) is 0 Å². The smallest absolute Gasteiger partial charge is 0.410 e. The van der Waals surface area contributed by atoms with Crippen LogP contribution in [-0.4, -0.2) is 55.9 Å². The molecule has 2 amide bonds. The van der Waals surface area contributed by atoms with Gasteiger partial charge < -0.3 is 19.7 Å². The summed E-state index contributed by atoms with van der Waals surface area (Å²) in [7, 11) is 1.59. The summed E-state index contributed by atoms with van der Waals surface area (Å²) in [5.74, 6) is -0.174. The minimum absolute atomic E-state index is 0.0249. The minimum atomic E-state index is -0.504. The van der Waals surface area contributed by atoms with Crippen molar-refractivity contribution in [1.29, 1.82) is 0 Å². The molecule has 0 bridgehead atoms. The van der Waals surface area contributed by atoms with Crippen LogP contribution >= 0.6 is 0 Å². The number of carbonyl (C=O) groups excluding carboxylic acids is 2. The van der Waals surface area contributed by atoms with Gasteiger partial charge in [0.05, 0.1) is 12.5 Å². The van der Waals surface area contributed by atoms with Gasteiger partial charge in [-0.2, -0.15) is 0 Å². The molecule has 1 aliphatic heterocycles. The van der Waals surface area contributed by atoms with Gasteiger partial charge >= 0.3 is 6.09 Å². The van der Waals surface area contributed by atoms with Crippen LogP contribution in [0.1, 0.15) is 27.2 Å². The zero-order valence-corrected chi connectivity index (χ0v) is 12.2. The van der Waals surface area contributed by atoms with E-state index in [0.717, 1.165) is 0 Å². The van der Waals surface area contributed by atoms with Gasteiger partial charge in [0.15, 0.2) is 0 Å². The molecule has 1 unspecified atom stereocenters. The lowest BCUT2D eigenvalue weighted by Crippen LogP contribution is -2.38. The van der Waals surface area contributed by atoms with E-state index in [0.29, 0.717) is 32.7 Å². The monoisotopic (exact) mass is 272 g/mol. The first-order valence-corrected chi connectivity index (χ1v) is 6.58. The summed E-state index contributed by atoms with van der Waals surface area (Å²) in [5.41, 5.74) is -0.504. The second-order valence-corrected chi connectivity index (χ2v) is 5.70. The molecule has 0 saturated carbocycles. The van der Waals surface area contributed by atoms with Crippen LogP contribution in [0.4, 0.5) is 4.79 Å². The Morgan fingerprint density at radius 1 is 1.37 bits per heavy atom. The number of carbonyl (C=O) groups is 2. The number of nitrogens with zero attached hydrogens (tertiary/aromatic N) is 1. The van der Waals surface area contributed by atoms with Crippen molar-refractivity contribution in [3.8, 4) is 0 Å². The van der Waals surface area contributed by atoms with Crippen molar-refractivity contribution >= 4 is 12.0 Å². The molecule has 0 aromatic rings. The predicted molar refractivity (Wildman–Crippen MR) is 70.8 cm³/mol. The van der Waals surface area contributed by atoms with Gasteiger partial charge in [0.25, 0.3) is 0 Å². The Bertz CT molecular complexity index is 325. The average Bonchev–Trinajstić information content (AvgIpc) is 2.76. The molecule has 1 rings (SSSR count). The van der Waals surface area contributed by atoms with Crippen molar-refractivity contribution in [2.45, 2.75) is 32.8 Å². The summed E-state index contributed by atoms with van der Waals surface area (Å²) in [6, 6.07) is 0. The Morgan fingerprint density at radius 2 is 2.05 bits per heavy atom. The fourth-order valence-corrected chi connectivity index (χ4v) is 1.89. The zero-order valence-electron chi connectivity index (χ0n) is 12.2. The molecular formula is C13H24N2O4. The quantitative estimate of drug-likeness (QED) is 0.775. The highest BCUT2D eigenvalue weighted by Crippen LogP contribution is 2.19. The number of likely N-dealkylation sites (tertiary alicyclic amines) is 1. The Hall–Kier alpha value is -1.30. The molecule has 0 radical (unpaired) electrons. The van der Waals surface area contributed by atoms with Gasteiger partial charge in [-0.25, -0.2) is 4.79 Å². The van der Waals surface area contributed by atoms with Gasteiger partial charge in [-0.3, -0.25) is 4.79 Å². The van der Waals surface area contributed by atoms with E-state index in [1.54, 1.807) is 12.0 Å². The average molecular weight is 272 g/mol. The molecule has 1 fully saturated rings. The maximum atomic E-state index is 11.8. The van der Waals surface area contributed by atoms with Gasteiger partial charge in [0.2, 0.25) is 5.91 Å². The van der Waals surface area contributed by atoms with Gasteiger partial charge in [-0.15, -0.1) is 0 Å². The molecule has 19 heavy (non-hydrogen) atoms. The number of hydrogen-bond acceptors (Lipinski definition) is 4. The lowest BCUT2D eigenvalue weighted by molar-refractivity contribution is -0.124. The molecule has 6 heteroatoms. The maximum absolute atomic E-state index is 11.8. The van der Waals surface area contributed by atoms with Crippen LogP contribution in [0.15, 0.2) is 0 Å². The minimum Gasteiger partial charge on any atom is -0.444 e. The Morgan fingerprint density at radius 3 is 2.63 bits per heavy atom. The number of amides is 2. The molecule has 1 atom stereocenters. The lowest BCUT2D eigenvalue weighted by atomic mass is 10.1. The number of rotatable bonds is 4. The third kappa shape index (κ3) is 5.46. The van der Waals surface area contributed by atoms with Crippen LogP contribution < -0.4 is 5.32 Å². The third-order valence-electron chi connectivity index (χ3n) is 2.82. The third-order valence-corrected chi connectivity index (χ3v) is 2.82. The van der Waals surface area contributed by atoms with Crippen LogP contribution in [0, 0.1) is 5.92 Å². The predicted octanol–water partition coefficient (Wildman–Crippen LogP) is 1.01. The summed E-state index contributed by atoms with van der Waals surface area (Å²) in [4.78, 5) is 25.3. The van der Waals surface area contributed by atoms with Crippen LogP contribution in [0.5, 0.6) is 0 Å². The molecule has 0 aliphatic carbocycles. The highest BCUT2D eigenvalue weighted by molar-refractivity contribution is 5.80. The second kappa shape index (κ2) is 6.75. The van der Waals surface area contributed by atoms with E-state index in [1.165, 1.54) is 0 Å². The molecule has 1 saturated heterocycles. The lowest BCUT2D eigenvalue weighted by Gasteiger charge is -2.24. The molecular weight excluding hydrogens is 248 g/mol. The normalized spacial score (nSPS) is 19.4. The van der Waals surface area contributed by atoms with Crippen molar-refractivity contribution in [2.24, 2.45) is 5.92 Å². The number of ether oxygens (including phenoxy) is 2. The van der Waals surface area contributed by atoms with Crippen molar-refractivity contribution in [1.82, 2.24) is 10.2 Å². The molecule has 1 N–H and O–H groups in total. The van der Waals surface area contributed by atoms with E-state index in [9.17, 15) is 9.59 Å². The summed E-state index contributed by atoms with van der Waals surface area (Å²) < 4.78 is 10.2. The summed E-state index contributed by atoms with van der Waals surface area (Å²) in [6.45, 7) is 7.47. The molecule has 1 heterocycles.